The van der Waals surface area contributed by atoms with Crippen LogP contribution in [0.2, 0.25) is 0 Å². The fourth-order valence-corrected chi connectivity index (χ4v) is 1.32. The van der Waals surface area contributed by atoms with Gasteiger partial charge in [-0.2, -0.15) is 0 Å². The van der Waals surface area contributed by atoms with Gasteiger partial charge in [-0.1, -0.05) is 43.5 Å². The Morgan fingerprint density at radius 1 is 1.39 bits per heavy atom. The molecule has 18 heavy (non-hydrogen) atoms. The molecular formula is C15H18O3. The first-order valence-electron chi connectivity index (χ1n) is 5.73. The minimum Gasteiger partial charge on any atom is -0.452 e. The molecular weight excluding hydrogens is 228 g/mol. The van der Waals surface area contributed by atoms with Gasteiger partial charge in [0.2, 0.25) is 0 Å². The number of hydrogen-bond acceptors (Lipinski definition) is 3. The SMILES string of the molecule is C=CC(=O)O[C@H](COCc1ccccc1)C(=C)C. The summed E-state index contributed by atoms with van der Waals surface area (Å²) in [6.45, 7) is 9.71. The number of esters is 1. The first kappa shape index (κ1) is 14.2. The lowest BCUT2D eigenvalue weighted by Crippen LogP contribution is -2.23. The highest BCUT2D eigenvalue weighted by Crippen LogP contribution is 2.08. The maximum absolute atomic E-state index is 11.1. The van der Waals surface area contributed by atoms with Crippen LogP contribution in [0.3, 0.4) is 0 Å². The molecule has 1 aromatic rings. The van der Waals surface area contributed by atoms with Crippen molar-refractivity contribution >= 4 is 5.97 Å². The molecule has 0 aliphatic carbocycles. The van der Waals surface area contributed by atoms with Gasteiger partial charge >= 0.3 is 5.97 Å². The van der Waals surface area contributed by atoms with Crippen molar-refractivity contribution in [2.75, 3.05) is 6.61 Å². The molecule has 1 atom stereocenters. The number of benzene rings is 1. The van der Waals surface area contributed by atoms with Crippen LogP contribution in [0.1, 0.15) is 12.5 Å². The van der Waals surface area contributed by atoms with Crippen LogP contribution in [-0.4, -0.2) is 18.7 Å². The van der Waals surface area contributed by atoms with Gasteiger partial charge in [-0.25, -0.2) is 4.79 Å². The largest absolute Gasteiger partial charge is 0.452 e. The topological polar surface area (TPSA) is 35.5 Å². The van der Waals surface area contributed by atoms with Crippen molar-refractivity contribution in [1.29, 1.82) is 0 Å². The lowest BCUT2D eigenvalue weighted by molar-refractivity contribution is -0.144. The number of carbonyl (C=O) groups excluding carboxylic acids is 1. The third kappa shape index (κ3) is 4.97. The van der Waals surface area contributed by atoms with Gasteiger partial charge in [0, 0.05) is 6.08 Å². The maximum atomic E-state index is 11.1. The van der Waals surface area contributed by atoms with Gasteiger partial charge < -0.3 is 9.47 Å². The summed E-state index contributed by atoms with van der Waals surface area (Å²) >= 11 is 0. The molecule has 0 saturated carbocycles. The zero-order valence-corrected chi connectivity index (χ0v) is 10.6. The Morgan fingerprint density at radius 3 is 2.61 bits per heavy atom. The van der Waals surface area contributed by atoms with E-state index in [0.29, 0.717) is 13.2 Å². The zero-order chi connectivity index (χ0) is 13.4. The third-order valence-electron chi connectivity index (χ3n) is 2.36. The molecule has 3 nitrogen and oxygen atoms in total. The van der Waals surface area contributed by atoms with Gasteiger partial charge in [0.25, 0.3) is 0 Å². The molecule has 96 valence electrons. The van der Waals surface area contributed by atoms with Crippen LogP contribution in [0, 0.1) is 0 Å². The molecule has 1 aromatic carbocycles. The van der Waals surface area contributed by atoms with Crippen LogP contribution in [-0.2, 0) is 20.9 Å². The molecule has 0 fully saturated rings. The van der Waals surface area contributed by atoms with Crippen molar-refractivity contribution in [1.82, 2.24) is 0 Å². The fraction of sp³-hybridized carbons (Fsp3) is 0.267. The van der Waals surface area contributed by atoms with Crippen molar-refractivity contribution in [3.05, 3.63) is 60.7 Å². The average Bonchev–Trinajstić information content (AvgIpc) is 2.38. The lowest BCUT2D eigenvalue weighted by Gasteiger charge is -2.17. The summed E-state index contributed by atoms with van der Waals surface area (Å²) in [7, 11) is 0. The highest BCUT2D eigenvalue weighted by Gasteiger charge is 2.13. The van der Waals surface area contributed by atoms with E-state index in [0.717, 1.165) is 17.2 Å². The summed E-state index contributed by atoms with van der Waals surface area (Å²) in [5.41, 5.74) is 1.83. The van der Waals surface area contributed by atoms with E-state index < -0.39 is 12.1 Å². The molecule has 0 bridgehead atoms. The predicted molar refractivity (Wildman–Crippen MR) is 71.0 cm³/mol. The van der Waals surface area contributed by atoms with E-state index in [1.807, 2.05) is 30.3 Å². The first-order chi connectivity index (χ1) is 8.63. The summed E-state index contributed by atoms with van der Waals surface area (Å²) in [6.07, 6.45) is 0.701. The van der Waals surface area contributed by atoms with Gasteiger partial charge in [-0.05, 0) is 18.1 Å². The number of ether oxygens (including phenoxy) is 2. The highest BCUT2D eigenvalue weighted by atomic mass is 16.6. The van der Waals surface area contributed by atoms with Gasteiger partial charge in [-0.3, -0.25) is 0 Å². The maximum Gasteiger partial charge on any atom is 0.330 e. The van der Waals surface area contributed by atoms with Crippen molar-refractivity contribution in [3.63, 3.8) is 0 Å². The third-order valence-corrected chi connectivity index (χ3v) is 2.36. The average molecular weight is 246 g/mol. The number of hydrogen-bond donors (Lipinski definition) is 0. The van der Waals surface area contributed by atoms with Crippen LogP contribution in [0.25, 0.3) is 0 Å². The summed E-state index contributed by atoms with van der Waals surface area (Å²) in [6, 6.07) is 9.81. The molecule has 0 aliphatic rings. The van der Waals surface area contributed by atoms with Crippen LogP contribution in [0.4, 0.5) is 0 Å². The normalized spacial score (nSPS) is 11.6. The minimum absolute atomic E-state index is 0.295. The molecule has 0 radical (unpaired) electrons. The van der Waals surface area contributed by atoms with Crippen molar-refractivity contribution in [3.8, 4) is 0 Å². The van der Waals surface area contributed by atoms with Gasteiger partial charge in [0.05, 0.1) is 13.2 Å². The molecule has 0 unspecified atom stereocenters. The number of carbonyl (C=O) groups is 1. The van der Waals surface area contributed by atoms with E-state index in [1.54, 1.807) is 6.92 Å². The molecule has 0 heterocycles. The predicted octanol–water partition coefficient (Wildman–Crippen LogP) is 2.88. The van der Waals surface area contributed by atoms with Crippen LogP contribution < -0.4 is 0 Å². The van der Waals surface area contributed by atoms with E-state index in [-0.39, 0.29) is 0 Å². The summed E-state index contributed by atoms with van der Waals surface area (Å²) < 4.78 is 10.6. The second kappa shape index (κ2) is 7.45. The monoisotopic (exact) mass is 246 g/mol. The number of rotatable bonds is 7. The Kier molecular flexibility index (Phi) is 5.88. The Bertz CT molecular complexity index is 409. The Morgan fingerprint density at radius 2 is 2.06 bits per heavy atom. The van der Waals surface area contributed by atoms with Gasteiger partial charge in [-0.15, -0.1) is 0 Å². The molecule has 3 heteroatoms. The first-order valence-corrected chi connectivity index (χ1v) is 5.73. The van der Waals surface area contributed by atoms with E-state index in [2.05, 4.69) is 13.2 Å². The minimum atomic E-state index is -0.466. The van der Waals surface area contributed by atoms with E-state index >= 15 is 0 Å². The Balaban J connectivity index is 2.41. The lowest BCUT2D eigenvalue weighted by atomic mass is 10.2. The standard InChI is InChI=1S/C15H18O3/c1-4-15(16)18-14(12(2)3)11-17-10-13-8-6-5-7-9-13/h4-9,14H,1-2,10-11H2,3H3/t14-/m1/s1. The molecule has 0 N–H and O–H groups in total. The second-order valence-corrected chi connectivity index (χ2v) is 3.98. The quantitative estimate of drug-likeness (QED) is 0.421. The van der Waals surface area contributed by atoms with Crippen molar-refractivity contribution in [2.45, 2.75) is 19.6 Å². The summed E-state index contributed by atoms with van der Waals surface area (Å²) in [5, 5.41) is 0. The second-order valence-electron chi connectivity index (χ2n) is 3.98. The van der Waals surface area contributed by atoms with Crippen LogP contribution >= 0.6 is 0 Å². The molecule has 0 aromatic heterocycles. The fourth-order valence-electron chi connectivity index (χ4n) is 1.32. The smallest absolute Gasteiger partial charge is 0.330 e. The molecule has 0 amide bonds. The van der Waals surface area contributed by atoms with E-state index in [9.17, 15) is 4.79 Å². The zero-order valence-electron chi connectivity index (χ0n) is 10.6. The molecule has 0 spiro atoms. The van der Waals surface area contributed by atoms with Crippen molar-refractivity contribution < 1.29 is 14.3 Å². The summed E-state index contributed by atoms with van der Waals surface area (Å²) in [4.78, 5) is 11.1. The molecule has 0 aliphatic heterocycles. The van der Waals surface area contributed by atoms with Crippen molar-refractivity contribution in [2.24, 2.45) is 0 Å². The van der Waals surface area contributed by atoms with Gasteiger partial charge in [0.1, 0.15) is 6.10 Å². The molecule has 0 saturated heterocycles. The van der Waals surface area contributed by atoms with E-state index in [1.165, 1.54) is 0 Å². The van der Waals surface area contributed by atoms with Crippen LogP contribution in [0.5, 0.6) is 0 Å². The van der Waals surface area contributed by atoms with E-state index in [4.69, 9.17) is 9.47 Å². The Hall–Kier alpha value is -1.87. The summed E-state index contributed by atoms with van der Waals surface area (Å²) in [5.74, 6) is -0.466. The van der Waals surface area contributed by atoms with Crippen LogP contribution in [0.15, 0.2) is 55.1 Å². The highest BCUT2D eigenvalue weighted by molar-refractivity contribution is 5.81. The van der Waals surface area contributed by atoms with Gasteiger partial charge in [0.15, 0.2) is 0 Å². The Labute approximate surface area is 108 Å². The molecule has 1 rings (SSSR count).